The first-order chi connectivity index (χ1) is 8.81. The van der Waals surface area contributed by atoms with Gasteiger partial charge in [-0.15, -0.1) is 0 Å². The lowest BCUT2D eigenvalue weighted by atomic mass is 9.98. The minimum atomic E-state index is -0.669. The Hall–Kier alpha value is -2.00. The predicted octanol–water partition coefficient (Wildman–Crippen LogP) is 2.33. The zero-order valence-electron chi connectivity index (χ0n) is 9.67. The van der Waals surface area contributed by atoms with Crippen LogP contribution in [-0.2, 0) is 11.2 Å². The minimum Gasteiger partial charge on any atom is -0.350 e. The van der Waals surface area contributed by atoms with E-state index in [1.807, 2.05) is 42.5 Å². The Morgan fingerprint density at radius 1 is 1.17 bits per heavy atom. The number of aromatic nitrogens is 1. The van der Waals surface area contributed by atoms with Crippen LogP contribution in [0.4, 0.5) is 0 Å². The van der Waals surface area contributed by atoms with Crippen molar-refractivity contribution in [3.8, 4) is 0 Å². The summed E-state index contributed by atoms with van der Waals surface area (Å²) in [5, 5.41) is 0. The topological polar surface area (TPSA) is 42.5 Å². The molecular weight excluding hydrogens is 226 g/mol. The molecule has 88 valence electrons. The van der Waals surface area contributed by atoms with Crippen molar-refractivity contribution in [3.05, 3.63) is 65.5 Å². The highest BCUT2D eigenvalue weighted by Gasteiger charge is 2.66. The van der Waals surface area contributed by atoms with E-state index < -0.39 is 5.60 Å². The van der Waals surface area contributed by atoms with Crippen LogP contribution in [-0.4, -0.2) is 16.4 Å². The van der Waals surface area contributed by atoms with Gasteiger partial charge >= 0.3 is 0 Å². The number of pyridine rings is 1. The number of rotatable bonds is 1. The summed E-state index contributed by atoms with van der Waals surface area (Å²) in [7, 11) is 0. The highest BCUT2D eigenvalue weighted by molar-refractivity contribution is 6.09. The molecule has 2 aliphatic rings. The van der Waals surface area contributed by atoms with E-state index in [9.17, 15) is 4.79 Å². The molecule has 2 heterocycles. The molecule has 2 atom stereocenters. The third-order valence-electron chi connectivity index (χ3n) is 3.75. The van der Waals surface area contributed by atoms with Gasteiger partial charge < -0.3 is 4.74 Å². The quantitative estimate of drug-likeness (QED) is 0.715. The molecule has 4 rings (SSSR count). The Morgan fingerprint density at radius 2 is 2.00 bits per heavy atom. The number of epoxide rings is 1. The minimum absolute atomic E-state index is 0.105. The average Bonchev–Trinajstić information content (AvgIpc) is 3.08. The molecule has 0 amide bonds. The molecule has 0 N–H and O–H groups in total. The summed E-state index contributed by atoms with van der Waals surface area (Å²) < 4.78 is 5.73. The van der Waals surface area contributed by atoms with Crippen molar-refractivity contribution < 1.29 is 9.53 Å². The molecule has 1 spiro atoms. The standard InChI is InChI=1S/C15H11NO2/c17-13-11-6-2-1-5-10(11)9-15(13)14(18-15)12-7-3-4-8-16-12/h1-8,14H,9H2. The summed E-state index contributed by atoms with van der Waals surface area (Å²) in [6.07, 6.45) is 2.22. The molecule has 1 aromatic carbocycles. The van der Waals surface area contributed by atoms with Crippen molar-refractivity contribution in [1.82, 2.24) is 4.98 Å². The Labute approximate surface area is 104 Å². The van der Waals surface area contributed by atoms with E-state index in [2.05, 4.69) is 4.98 Å². The second-order valence-corrected chi connectivity index (χ2v) is 4.81. The third-order valence-corrected chi connectivity index (χ3v) is 3.75. The zero-order valence-corrected chi connectivity index (χ0v) is 9.67. The molecule has 3 heteroatoms. The molecule has 2 aromatic rings. The van der Waals surface area contributed by atoms with E-state index in [-0.39, 0.29) is 11.9 Å². The fraction of sp³-hybridized carbons (Fsp3) is 0.200. The largest absolute Gasteiger partial charge is 0.350 e. The van der Waals surface area contributed by atoms with Crippen molar-refractivity contribution >= 4 is 5.78 Å². The maximum absolute atomic E-state index is 12.4. The first-order valence-electron chi connectivity index (χ1n) is 6.03. The van der Waals surface area contributed by atoms with E-state index in [0.717, 1.165) is 16.8 Å². The second-order valence-electron chi connectivity index (χ2n) is 4.81. The number of hydrogen-bond acceptors (Lipinski definition) is 3. The number of carbonyl (C=O) groups is 1. The van der Waals surface area contributed by atoms with Crippen LogP contribution in [0.5, 0.6) is 0 Å². The Balaban J connectivity index is 1.73. The average molecular weight is 237 g/mol. The van der Waals surface area contributed by atoms with Gasteiger partial charge in [-0.2, -0.15) is 0 Å². The van der Waals surface area contributed by atoms with Crippen LogP contribution in [0.1, 0.15) is 27.7 Å². The van der Waals surface area contributed by atoms with Crippen LogP contribution >= 0.6 is 0 Å². The molecule has 1 saturated heterocycles. The molecule has 1 fully saturated rings. The summed E-state index contributed by atoms with van der Waals surface area (Å²) in [5.41, 5.74) is 2.06. The highest BCUT2D eigenvalue weighted by Crippen LogP contribution is 2.56. The van der Waals surface area contributed by atoms with Crippen molar-refractivity contribution in [2.24, 2.45) is 0 Å². The lowest BCUT2D eigenvalue weighted by Gasteiger charge is -2.00. The monoisotopic (exact) mass is 237 g/mol. The zero-order chi connectivity index (χ0) is 12.2. The predicted molar refractivity (Wildman–Crippen MR) is 65.3 cm³/mol. The smallest absolute Gasteiger partial charge is 0.198 e. The summed E-state index contributed by atoms with van der Waals surface area (Å²) in [5.74, 6) is 0.105. The summed E-state index contributed by atoms with van der Waals surface area (Å²) in [6.45, 7) is 0. The Kier molecular flexibility index (Phi) is 1.81. The Morgan fingerprint density at radius 3 is 2.78 bits per heavy atom. The van der Waals surface area contributed by atoms with Gasteiger partial charge in [-0.05, 0) is 17.7 Å². The summed E-state index contributed by atoms with van der Waals surface area (Å²) >= 11 is 0. The molecule has 2 unspecified atom stereocenters. The molecule has 3 nitrogen and oxygen atoms in total. The van der Waals surface area contributed by atoms with Crippen LogP contribution in [0.15, 0.2) is 48.7 Å². The second kappa shape index (κ2) is 3.27. The van der Waals surface area contributed by atoms with Crippen LogP contribution in [0.25, 0.3) is 0 Å². The highest BCUT2D eigenvalue weighted by atomic mass is 16.6. The van der Waals surface area contributed by atoms with Gasteiger partial charge in [0.2, 0.25) is 0 Å². The van der Waals surface area contributed by atoms with Gasteiger partial charge in [-0.1, -0.05) is 30.3 Å². The number of fused-ring (bicyclic) bond motifs is 1. The molecular formula is C15H11NO2. The van der Waals surface area contributed by atoms with E-state index in [0.29, 0.717) is 6.42 Å². The molecule has 1 aliphatic heterocycles. The van der Waals surface area contributed by atoms with Gasteiger partial charge in [-0.25, -0.2) is 0 Å². The molecule has 1 aliphatic carbocycles. The number of benzene rings is 1. The van der Waals surface area contributed by atoms with Gasteiger partial charge in [-0.3, -0.25) is 9.78 Å². The van der Waals surface area contributed by atoms with Gasteiger partial charge in [0.05, 0.1) is 5.69 Å². The number of carbonyl (C=O) groups excluding carboxylic acids is 1. The van der Waals surface area contributed by atoms with E-state index >= 15 is 0 Å². The van der Waals surface area contributed by atoms with Crippen LogP contribution in [0, 0.1) is 0 Å². The van der Waals surface area contributed by atoms with Gasteiger partial charge in [0.15, 0.2) is 11.4 Å². The van der Waals surface area contributed by atoms with E-state index in [1.54, 1.807) is 6.20 Å². The maximum Gasteiger partial charge on any atom is 0.198 e. The lowest BCUT2D eigenvalue weighted by molar-refractivity contribution is 0.0894. The number of ketones is 1. The SMILES string of the molecule is O=C1c2ccccc2CC12OC2c1ccccn1. The normalized spacial score (nSPS) is 28.4. The summed E-state index contributed by atoms with van der Waals surface area (Å²) in [6, 6.07) is 13.4. The van der Waals surface area contributed by atoms with Crippen molar-refractivity contribution in [2.45, 2.75) is 18.1 Å². The first-order valence-corrected chi connectivity index (χ1v) is 6.03. The molecule has 18 heavy (non-hydrogen) atoms. The molecule has 0 saturated carbocycles. The van der Waals surface area contributed by atoms with Gasteiger partial charge in [0, 0.05) is 18.2 Å². The Bertz CT molecular complexity index is 638. The first kappa shape index (κ1) is 9.97. The van der Waals surface area contributed by atoms with Crippen molar-refractivity contribution in [1.29, 1.82) is 0 Å². The molecule has 0 bridgehead atoms. The van der Waals surface area contributed by atoms with Crippen molar-refractivity contribution in [3.63, 3.8) is 0 Å². The van der Waals surface area contributed by atoms with Gasteiger partial charge in [0.1, 0.15) is 6.10 Å². The fourth-order valence-corrected chi connectivity index (χ4v) is 2.80. The van der Waals surface area contributed by atoms with Crippen molar-refractivity contribution in [2.75, 3.05) is 0 Å². The van der Waals surface area contributed by atoms with E-state index in [4.69, 9.17) is 4.74 Å². The third kappa shape index (κ3) is 1.17. The number of ether oxygens (including phenoxy) is 1. The lowest BCUT2D eigenvalue weighted by Crippen LogP contribution is -2.20. The fourth-order valence-electron chi connectivity index (χ4n) is 2.80. The number of nitrogens with zero attached hydrogens (tertiary/aromatic N) is 1. The van der Waals surface area contributed by atoms with Crippen LogP contribution in [0.2, 0.25) is 0 Å². The maximum atomic E-state index is 12.4. The van der Waals surface area contributed by atoms with E-state index in [1.165, 1.54) is 0 Å². The molecule has 1 aromatic heterocycles. The number of hydrogen-bond donors (Lipinski definition) is 0. The van der Waals surface area contributed by atoms with Crippen LogP contribution < -0.4 is 0 Å². The number of Topliss-reactive ketones (excluding diaryl/α,β-unsaturated/α-hetero) is 1. The summed E-state index contributed by atoms with van der Waals surface area (Å²) in [4.78, 5) is 16.7. The molecule has 0 radical (unpaired) electrons. The van der Waals surface area contributed by atoms with Crippen LogP contribution in [0.3, 0.4) is 0 Å². The van der Waals surface area contributed by atoms with Gasteiger partial charge in [0.25, 0.3) is 0 Å².